The summed E-state index contributed by atoms with van der Waals surface area (Å²) in [5, 5.41) is 13.0. The molecule has 0 aliphatic carbocycles. The molecule has 6 nitrogen and oxygen atoms in total. The number of carbonyl (C=O) groups is 1. The number of benzene rings is 1. The van der Waals surface area contributed by atoms with Crippen LogP contribution in [0.1, 0.15) is 77.8 Å². The van der Waals surface area contributed by atoms with Gasteiger partial charge in [0, 0.05) is 36.1 Å². The molecule has 0 radical (unpaired) electrons. The van der Waals surface area contributed by atoms with Crippen molar-refractivity contribution in [2.24, 2.45) is 11.8 Å². The van der Waals surface area contributed by atoms with Crippen LogP contribution >= 0.6 is 11.8 Å². The number of carboxylic acid groups (broad SMARTS) is 1. The molecule has 0 saturated carbocycles. The molecule has 1 aromatic carbocycles. The molecule has 246 valence electrons. The van der Waals surface area contributed by atoms with Crippen molar-refractivity contribution in [2.75, 3.05) is 39.8 Å². The summed E-state index contributed by atoms with van der Waals surface area (Å²) in [7, 11) is 1.98. The first-order valence-corrected chi connectivity index (χ1v) is 15.8. The summed E-state index contributed by atoms with van der Waals surface area (Å²) in [6, 6.07) is 4.97. The van der Waals surface area contributed by atoms with E-state index in [0.29, 0.717) is 36.1 Å². The molecule has 3 N–H and O–H groups in total. The Kier molecular flexibility index (Phi) is 18.2. The van der Waals surface area contributed by atoms with Gasteiger partial charge in [0.05, 0.1) is 12.5 Å². The lowest BCUT2D eigenvalue weighted by atomic mass is 9.86. The average molecular weight is 634 g/mol. The lowest BCUT2D eigenvalue weighted by Gasteiger charge is -2.36. The average Bonchev–Trinajstić information content (AvgIpc) is 2.92. The van der Waals surface area contributed by atoms with Gasteiger partial charge in [0.15, 0.2) is 0 Å². The maximum Gasteiger partial charge on any atom is 0.387 e. The number of rotatable bonds is 10. The predicted octanol–water partition coefficient (Wildman–Crippen LogP) is 7.68. The molecule has 2 saturated heterocycles. The standard InChI is InChI=1S/C27H39F4N3OS.C4H10.CH2O2/c1-5-7-25(36-21(6-2)16-34-14-18(3)12-20(15-34)32-4)22-13-19(8-9-24(22)35-26(28)29)23-10-11-33-17-27(23,30)31;1-4(2)3;2-1-3/h6-9,13,18,20,23,26,32-33H,5,10-12,14-17H2,1-4H3;4H,1-3H3;1H,(H,2,3)/b21-6-,25-7-;;. The Labute approximate surface area is 259 Å². The largest absolute Gasteiger partial charge is 0.483 e. The lowest BCUT2D eigenvalue weighted by Crippen LogP contribution is -2.47. The number of likely N-dealkylation sites (N-methyl/N-ethyl adjacent to an activating group) is 1. The van der Waals surface area contributed by atoms with Crippen molar-refractivity contribution in [1.82, 2.24) is 15.5 Å². The van der Waals surface area contributed by atoms with Crippen LogP contribution in [0.15, 0.2) is 35.3 Å². The summed E-state index contributed by atoms with van der Waals surface area (Å²) in [4.78, 5) is 12.6. The monoisotopic (exact) mass is 633 g/mol. The third kappa shape index (κ3) is 14.0. The fourth-order valence-corrected chi connectivity index (χ4v) is 6.30. The minimum absolute atomic E-state index is 0.00972. The first-order chi connectivity index (χ1) is 20.3. The molecule has 0 bridgehead atoms. The van der Waals surface area contributed by atoms with Gasteiger partial charge in [0.25, 0.3) is 12.4 Å². The molecule has 2 aliphatic heterocycles. The maximum atomic E-state index is 14.7. The summed E-state index contributed by atoms with van der Waals surface area (Å²) in [5.41, 5.74) is 0.887. The fraction of sp³-hybridized carbons (Fsp3) is 0.656. The second-order valence-electron chi connectivity index (χ2n) is 11.6. The molecule has 0 spiro atoms. The van der Waals surface area contributed by atoms with Crippen molar-refractivity contribution in [3.63, 3.8) is 0 Å². The molecule has 2 aliphatic rings. The van der Waals surface area contributed by atoms with E-state index < -0.39 is 18.5 Å². The van der Waals surface area contributed by atoms with Crippen LogP contribution in [-0.2, 0) is 4.79 Å². The molecule has 2 heterocycles. The van der Waals surface area contributed by atoms with Crippen LogP contribution in [0.25, 0.3) is 4.91 Å². The summed E-state index contributed by atoms with van der Waals surface area (Å²) >= 11 is 1.50. The van der Waals surface area contributed by atoms with Crippen LogP contribution in [0.3, 0.4) is 0 Å². The minimum Gasteiger partial charge on any atom is -0.483 e. The number of alkyl halides is 4. The molecule has 3 rings (SSSR count). The number of ether oxygens (including phenoxy) is 1. The van der Waals surface area contributed by atoms with Gasteiger partial charge in [-0.25, -0.2) is 8.78 Å². The molecule has 3 unspecified atom stereocenters. The van der Waals surface area contributed by atoms with Gasteiger partial charge in [-0.3, -0.25) is 9.69 Å². The van der Waals surface area contributed by atoms with Crippen LogP contribution in [0.2, 0.25) is 0 Å². The zero-order chi connectivity index (χ0) is 32.6. The second kappa shape index (κ2) is 20.0. The van der Waals surface area contributed by atoms with E-state index in [9.17, 15) is 17.6 Å². The Hall–Kier alpha value is -2.08. The topological polar surface area (TPSA) is 73.8 Å². The Morgan fingerprint density at radius 2 is 1.93 bits per heavy atom. The molecule has 2 fully saturated rings. The maximum absolute atomic E-state index is 14.7. The number of thioether (sulfide) groups is 1. The zero-order valence-electron chi connectivity index (χ0n) is 26.6. The summed E-state index contributed by atoms with van der Waals surface area (Å²) in [6.07, 6.45) is 6.08. The van der Waals surface area contributed by atoms with Gasteiger partial charge in [-0.2, -0.15) is 8.78 Å². The first-order valence-electron chi connectivity index (χ1n) is 15.0. The number of piperidine rings is 2. The number of hydrogen-bond acceptors (Lipinski definition) is 6. The highest BCUT2D eigenvalue weighted by molar-refractivity contribution is 8.11. The highest BCUT2D eigenvalue weighted by Gasteiger charge is 2.42. The molecule has 3 atom stereocenters. The molecule has 0 aromatic heterocycles. The summed E-state index contributed by atoms with van der Waals surface area (Å²) in [5.74, 6) is -2.47. The van der Waals surface area contributed by atoms with Crippen molar-refractivity contribution < 1.29 is 32.2 Å². The van der Waals surface area contributed by atoms with Crippen LogP contribution in [0.5, 0.6) is 5.75 Å². The van der Waals surface area contributed by atoms with E-state index in [4.69, 9.17) is 14.6 Å². The minimum atomic E-state index is -3.00. The molecular weight excluding hydrogens is 582 g/mol. The van der Waals surface area contributed by atoms with Crippen molar-refractivity contribution in [1.29, 1.82) is 0 Å². The molecule has 0 amide bonds. The van der Waals surface area contributed by atoms with Crippen molar-refractivity contribution >= 4 is 23.1 Å². The van der Waals surface area contributed by atoms with E-state index in [1.165, 1.54) is 23.9 Å². The number of allylic oxidation sites excluding steroid dienone is 2. The number of hydrogen-bond donors (Lipinski definition) is 3. The molecule has 43 heavy (non-hydrogen) atoms. The smallest absolute Gasteiger partial charge is 0.387 e. The van der Waals surface area contributed by atoms with E-state index in [-0.39, 0.29) is 25.2 Å². The summed E-state index contributed by atoms with van der Waals surface area (Å²) in [6.45, 7) is 12.2. The van der Waals surface area contributed by atoms with E-state index in [0.717, 1.165) is 41.8 Å². The molecular formula is C32H51F4N3O3S. The van der Waals surface area contributed by atoms with Crippen LogP contribution in [-0.4, -0.2) is 74.8 Å². The second-order valence-corrected chi connectivity index (χ2v) is 12.8. The molecule has 1 aromatic rings. The van der Waals surface area contributed by atoms with Gasteiger partial charge in [-0.15, -0.1) is 0 Å². The number of likely N-dealkylation sites (tertiary alicyclic amines) is 1. The Bertz CT molecular complexity index is 1020. The van der Waals surface area contributed by atoms with Gasteiger partial charge < -0.3 is 20.5 Å². The zero-order valence-corrected chi connectivity index (χ0v) is 27.5. The fourth-order valence-electron chi connectivity index (χ4n) is 5.14. The van der Waals surface area contributed by atoms with E-state index in [2.05, 4.69) is 43.2 Å². The Morgan fingerprint density at radius 3 is 2.47 bits per heavy atom. The van der Waals surface area contributed by atoms with Gasteiger partial charge >= 0.3 is 6.61 Å². The van der Waals surface area contributed by atoms with E-state index in [1.807, 2.05) is 33.0 Å². The third-order valence-electron chi connectivity index (χ3n) is 6.84. The van der Waals surface area contributed by atoms with Crippen LogP contribution < -0.4 is 15.4 Å². The van der Waals surface area contributed by atoms with Crippen LogP contribution in [0, 0.1) is 11.8 Å². The van der Waals surface area contributed by atoms with Gasteiger partial charge in [-0.1, -0.05) is 64.6 Å². The van der Waals surface area contributed by atoms with Gasteiger partial charge in [0.1, 0.15) is 5.75 Å². The van der Waals surface area contributed by atoms with Crippen molar-refractivity contribution in [3.05, 3.63) is 46.4 Å². The highest BCUT2D eigenvalue weighted by atomic mass is 32.2. The summed E-state index contributed by atoms with van der Waals surface area (Å²) < 4.78 is 60.8. The lowest BCUT2D eigenvalue weighted by molar-refractivity contribution is -0.122. The van der Waals surface area contributed by atoms with Crippen LogP contribution in [0.4, 0.5) is 17.6 Å². The van der Waals surface area contributed by atoms with E-state index in [1.54, 1.807) is 6.07 Å². The highest BCUT2D eigenvalue weighted by Crippen LogP contribution is 2.44. The SMILES string of the molecule is C/C=C(/CN1CC(C)CC(NC)C1)S/C(=C\CC)c1cc(C2CCNCC2(F)F)ccc1OC(F)F.CC(C)C.O=CO. The number of halogens is 4. The molecule has 11 heteroatoms. The predicted molar refractivity (Wildman–Crippen MR) is 170 cm³/mol. The number of nitrogens with zero attached hydrogens (tertiary/aromatic N) is 1. The number of nitrogens with one attached hydrogen (secondary N) is 2. The Balaban J connectivity index is 0.00000119. The van der Waals surface area contributed by atoms with Crippen molar-refractivity contribution in [2.45, 2.75) is 85.3 Å². The first kappa shape index (κ1) is 38.9. The van der Waals surface area contributed by atoms with E-state index >= 15 is 0 Å². The van der Waals surface area contributed by atoms with Gasteiger partial charge in [-0.05, 0) is 74.2 Å². The van der Waals surface area contributed by atoms with Gasteiger partial charge in [0.2, 0.25) is 0 Å². The van der Waals surface area contributed by atoms with Crippen molar-refractivity contribution in [3.8, 4) is 5.75 Å². The quantitative estimate of drug-likeness (QED) is 0.180. The normalized spacial score (nSPS) is 22.8. The Morgan fingerprint density at radius 1 is 1.28 bits per heavy atom. The third-order valence-corrected chi connectivity index (χ3v) is 8.08.